The molecule has 9 heteroatoms. The summed E-state index contributed by atoms with van der Waals surface area (Å²) in [7, 11) is 1.62. The van der Waals surface area contributed by atoms with Gasteiger partial charge in [-0.1, -0.05) is 0 Å². The second-order valence-corrected chi connectivity index (χ2v) is 6.18. The van der Waals surface area contributed by atoms with Gasteiger partial charge in [0.15, 0.2) is 10.9 Å². The van der Waals surface area contributed by atoms with Crippen molar-refractivity contribution in [3.05, 3.63) is 66.6 Å². The van der Waals surface area contributed by atoms with Crippen LogP contribution < -0.4 is 15.4 Å². The smallest absolute Gasteiger partial charge is 0.293 e. The van der Waals surface area contributed by atoms with Crippen LogP contribution in [0.25, 0.3) is 16.7 Å². The van der Waals surface area contributed by atoms with Crippen LogP contribution in [0.2, 0.25) is 0 Å². The van der Waals surface area contributed by atoms with Crippen molar-refractivity contribution in [2.45, 2.75) is 0 Å². The Kier molecular flexibility index (Phi) is 4.73. The van der Waals surface area contributed by atoms with Crippen LogP contribution in [0, 0.1) is 0 Å². The van der Waals surface area contributed by atoms with Crippen LogP contribution in [0.3, 0.4) is 0 Å². The highest BCUT2D eigenvalue weighted by Gasteiger charge is 2.11. The predicted molar refractivity (Wildman–Crippen MR) is 108 cm³/mol. The van der Waals surface area contributed by atoms with E-state index < -0.39 is 5.91 Å². The first-order valence-electron chi connectivity index (χ1n) is 8.30. The highest BCUT2D eigenvalue weighted by atomic mass is 32.1. The number of aromatic nitrogens is 3. The van der Waals surface area contributed by atoms with Crippen LogP contribution >= 0.6 is 12.2 Å². The van der Waals surface area contributed by atoms with E-state index in [0.29, 0.717) is 11.2 Å². The van der Waals surface area contributed by atoms with Gasteiger partial charge in [0.05, 0.1) is 19.1 Å². The molecule has 0 saturated carbocycles. The third-order valence-corrected chi connectivity index (χ3v) is 4.12. The minimum Gasteiger partial charge on any atom is -0.497 e. The number of carbonyl (C=O) groups excluding carboxylic acids is 1. The normalized spacial score (nSPS) is 10.6. The largest absolute Gasteiger partial charge is 0.497 e. The number of amides is 1. The lowest BCUT2D eigenvalue weighted by atomic mass is 10.3. The fourth-order valence-electron chi connectivity index (χ4n) is 2.56. The monoisotopic (exact) mass is 393 g/mol. The number of benzene rings is 2. The lowest BCUT2D eigenvalue weighted by molar-refractivity contribution is 0.0950. The minimum absolute atomic E-state index is 0.156. The molecule has 8 nitrogen and oxygen atoms in total. The SMILES string of the molecule is COc1ccc(-n2nc3ccc(NC(=S)NC(=O)c4ccco4)cc3n2)cc1. The van der Waals surface area contributed by atoms with Gasteiger partial charge in [0.25, 0.3) is 5.91 Å². The molecule has 4 rings (SSSR count). The molecule has 0 saturated heterocycles. The topological polar surface area (TPSA) is 94.2 Å². The van der Waals surface area contributed by atoms with Gasteiger partial charge in [0.2, 0.25) is 0 Å². The molecule has 2 heterocycles. The zero-order valence-corrected chi connectivity index (χ0v) is 15.6. The summed E-state index contributed by atoms with van der Waals surface area (Å²) in [5.74, 6) is 0.521. The molecule has 0 spiro atoms. The van der Waals surface area contributed by atoms with Gasteiger partial charge in [-0.05, 0) is 66.8 Å². The van der Waals surface area contributed by atoms with Gasteiger partial charge in [-0.25, -0.2) is 0 Å². The summed E-state index contributed by atoms with van der Waals surface area (Å²) < 4.78 is 10.2. The number of anilines is 1. The first-order chi connectivity index (χ1) is 13.6. The van der Waals surface area contributed by atoms with E-state index in [-0.39, 0.29) is 10.9 Å². The number of fused-ring (bicyclic) bond motifs is 1. The summed E-state index contributed by atoms with van der Waals surface area (Å²) in [6.07, 6.45) is 1.42. The van der Waals surface area contributed by atoms with E-state index in [1.807, 2.05) is 30.3 Å². The number of methoxy groups -OCH3 is 1. The number of nitrogens with zero attached hydrogens (tertiary/aromatic N) is 3. The van der Waals surface area contributed by atoms with Crippen molar-refractivity contribution in [1.82, 2.24) is 20.3 Å². The lowest BCUT2D eigenvalue weighted by Crippen LogP contribution is -2.33. The van der Waals surface area contributed by atoms with Gasteiger partial charge in [-0.3, -0.25) is 10.1 Å². The quantitative estimate of drug-likeness (QED) is 0.514. The Morgan fingerprint density at radius 2 is 1.89 bits per heavy atom. The molecule has 0 aliphatic heterocycles. The third-order valence-electron chi connectivity index (χ3n) is 3.91. The standard InChI is InChI=1S/C19H15N5O3S/c1-26-14-7-5-13(6-8-14)24-22-15-9-4-12(11-16(15)23-24)20-19(28)21-18(25)17-3-2-10-27-17/h2-11H,1H3,(H2,20,21,25,28). The van der Waals surface area contributed by atoms with Gasteiger partial charge < -0.3 is 14.5 Å². The molecule has 0 unspecified atom stereocenters. The second-order valence-electron chi connectivity index (χ2n) is 5.78. The van der Waals surface area contributed by atoms with E-state index in [4.69, 9.17) is 21.4 Å². The minimum atomic E-state index is -0.422. The third kappa shape index (κ3) is 3.69. The van der Waals surface area contributed by atoms with Crippen molar-refractivity contribution >= 4 is 40.0 Å². The highest BCUT2D eigenvalue weighted by Crippen LogP contribution is 2.19. The summed E-state index contributed by atoms with van der Waals surface area (Å²) in [4.78, 5) is 13.5. The number of furan rings is 1. The Hall–Kier alpha value is -3.72. The molecule has 0 atom stereocenters. The fourth-order valence-corrected chi connectivity index (χ4v) is 2.77. The number of nitrogens with one attached hydrogen (secondary N) is 2. The van der Waals surface area contributed by atoms with E-state index in [2.05, 4.69) is 20.8 Å². The number of hydrogen-bond donors (Lipinski definition) is 2. The van der Waals surface area contributed by atoms with Gasteiger partial charge in [-0.2, -0.15) is 4.80 Å². The number of rotatable bonds is 4. The van der Waals surface area contributed by atoms with Crippen molar-refractivity contribution in [2.75, 3.05) is 12.4 Å². The maximum atomic E-state index is 12.0. The maximum Gasteiger partial charge on any atom is 0.293 e. The van der Waals surface area contributed by atoms with Crippen LogP contribution in [0.5, 0.6) is 5.75 Å². The van der Waals surface area contributed by atoms with Gasteiger partial charge in [0.1, 0.15) is 16.8 Å². The average Bonchev–Trinajstić information content (AvgIpc) is 3.37. The van der Waals surface area contributed by atoms with Gasteiger partial charge in [0, 0.05) is 5.69 Å². The number of thiocarbonyl (C=S) groups is 1. The van der Waals surface area contributed by atoms with Crippen molar-refractivity contribution in [3.8, 4) is 11.4 Å². The Morgan fingerprint density at radius 1 is 1.11 bits per heavy atom. The Labute approximate surface area is 165 Å². The molecule has 0 radical (unpaired) electrons. The molecule has 2 N–H and O–H groups in total. The molecule has 0 aliphatic rings. The Bertz CT molecular complexity index is 1140. The molecule has 2 aromatic carbocycles. The zero-order chi connectivity index (χ0) is 19.5. The molecule has 2 aromatic heterocycles. The molecule has 0 fully saturated rings. The van der Waals surface area contributed by atoms with Crippen molar-refractivity contribution in [1.29, 1.82) is 0 Å². The predicted octanol–water partition coefficient (Wildman–Crippen LogP) is 3.15. The Morgan fingerprint density at radius 3 is 2.61 bits per heavy atom. The molecule has 0 aliphatic carbocycles. The molecule has 28 heavy (non-hydrogen) atoms. The fraction of sp³-hybridized carbons (Fsp3) is 0.0526. The van der Waals surface area contributed by atoms with E-state index in [1.54, 1.807) is 36.2 Å². The number of hydrogen-bond acceptors (Lipinski definition) is 6. The molecule has 0 bridgehead atoms. The van der Waals surface area contributed by atoms with Crippen molar-refractivity contribution in [2.24, 2.45) is 0 Å². The summed E-state index contributed by atoms with van der Waals surface area (Å²) in [5, 5.41) is 14.6. The number of ether oxygens (including phenoxy) is 1. The number of carbonyl (C=O) groups is 1. The first kappa shape index (κ1) is 17.7. The van der Waals surface area contributed by atoms with E-state index in [0.717, 1.165) is 17.0 Å². The van der Waals surface area contributed by atoms with Crippen LogP contribution in [-0.2, 0) is 0 Å². The molecular formula is C19H15N5O3S. The van der Waals surface area contributed by atoms with E-state index in [1.165, 1.54) is 6.26 Å². The molecular weight excluding hydrogens is 378 g/mol. The molecule has 1 amide bonds. The van der Waals surface area contributed by atoms with Crippen molar-refractivity contribution < 1.29 is 13.9 Å². The summed E-state index contributed by atoms with van der Waals surface area (Å²) in [6.45, 7) is 0. The Balaban J connectivity index is 1.49. The van der Waals surface area contributed by atoms with Crippen LogP contribution in [-0.4, -0.2) is 33.1 Å². The first-order valence-corrected chi connectivity index (χ1v) is 8.70. The van der Waals surface area contributed by atoms with Crippen LogP contribution in [0.15, 0.2) is 65.3 Å². The maximum absolute atomic E-state index is 12.0. The van der Waals surface area contributed by atoms with Gasteiger partial charge in [-0.15, -0.1) is 10.2 Å². The highest BCUT2D eigenvalue weighted by molar-refractivity contribution is 7.80. The van der Waals surface area contributed by atoms with Gasteiger partial charge >= 0.3 is 0 Å². The summed E-state index contributed by atoms with van der Waals surface area (Å²) in [5.41, 5.74) is 2.90. The van der Waals surface area contributed by atoms with Crippen LogP contribution in [0.4, 0.5) is 5.69 Å². The lowest BCUT2D eigenvalue weighted by Gasteiger charge is -2.08. The van der Waals surface area contributed by atoms with E-state index >= 15 is 0 Å². The van der Waals surface area contributed by atoms with Crippen molar-refractivity contribution in [3.63, 3.8) is 0 Å². The van der Waals surface area contributed by atoms with E-state index in [9.17, 15) is 4.79 Å². The second kappa shape index (κ2) is 7.49. The summed E-state index contributed by atoms with van der Waals surface area (Å²) in [6, 6.07) is 16.0. The average molecular weight is 393 g/mol. The zero-order valence-electron chi connectivity index (χ0n) is 14.7. The molecule has 140 valence electrons. The summed E-state index contributed by atoms with van der Waals surface area (Å²) >= 11 is 5.18. The molecule has 4 aromatic rings. The van der Waals surface area contributed by atoms with Crippen LogP contribution in [0.1, 0.15) is 10.6 Å².